The Bertz CT molecular complexity index is 331. The summed E-state index contributed by atoms with van der Waals surface area (Å²) in [7, 11) is 1.59. The molecular weight excluding hydrogens is 222 g/mol. The largest absolute Gasteiger partial charge is 0.507 e. The number of methoxy groups -OCH3 is 1. The molecule has 1 aromatic rings. The topological polar surface area (TPSA) is 41.5 Å². The number of hydrogen-bond donors (Lipinski definition) is 2. The van der Waals surface area contributed by atoms with Gasteiger partial charge in [-0.25, -0.2) is 0 Å². The number of phenols is 1. The van der Waals surface area contributed by atoms with Gasteiger partial charge < -0.3 is 15.2 Å². The van der Waals surface area contributed by atoms with Crippen molar-refractivity contribution >= 4 is 11.8 Å². The monoisotopic (exact) mass is 241 g/mol. The van der Waals surface area contributed by atoms with E-state index in [1.807, 2.05) is 19.1 Å². The molecule has 1 aromatic carbocycles. The molecule has 0 aliphatic heterocycles. The molecule has 0 aliphatic rings. The number of phenolic OH excluding ortho intramolecular Hbond substituents is 1. The van der Waals surface area contributed by atoms with Crippen LogP contribution in [0.25, 0.3) is 0 Å². The molecule has 16 heavy (non-hydrogen) atoms. The van der Waals surface area contributed by atoms with Gasteiger partial charge in [-0.05, 0) is 19.2 Å². The third-order valence-corrected chi connectivity index (χ3v) is 3.07. The van der Waals surface area contributed by atoms with E-state index in [4.69, 9.17) is 4.74 Å². The Morgan fingerprint density at radius 2 is 2.25 bits per heavy atom. The summed E-state index contributed by atoms with van der Waals surface area (Å²) >= 11 is 1.80. The molecule has 0 aliphatic carbocycles. The van der Waals surface area contributed by atoms with E-state index in [0.717, 1.165) is 17.9 Å². The standard InChI is InChI=1S/C12H19NO2S/c1-9(13-6-7-16-3)11-5-4-10(15-2)8-12(11)14/h4-5,8-9,13-14H,6-7H2,1-3H3. The van der Waals surface area contributed by atoms with E-state index in [2.05, 4.69) is 11.6 Å². The minimum Gasteiger partial charge on any atom is -0.507 e. The molecule has 0 aromatic heterocycles. The van der Waals surface area contributed by atoms with Crippen molar-refractivity contribution in [3.63, 3.8) is 0 Å². The van der Waals surface area contributed by atoms with Crippen molar-refractivity contribution in [3.05, 3.63) is 23.8 Å². The second-order valence-corrected chi connectivity index (χ2v) is 4.58. The predicted octanol–water partition coefficient (Wildman–Crippen LogP) is 2.41. The summed E-state index contributed by atoms with van der Waals surface area (Å²) in [5.41, 5.74) is 0.905. The molecule has 2 N–H and O–H groups in total. The van der Waals surface area contributed by atoms with Crippen molar-refractivity contribution in [2.24, 2.45) is 0 Å². The Morgan fingerprint density at radius 1 is 1.50 bits per heavy atom. The Morgan fingerprint density at radius 3 is 2.81 bits per heavy atom. The summed E-state index contributed by atoms with van der Waals surface area (Å²) < 4.78 is 5.04. The highest BCUT2D eigenvalue weighted by Gasteiger charge is 2.10. The molecule has 0 saturated heterocycles. The van der Waals surface area contributed by atoms with Crippen LogP contribution in [0.4, 0.5) is 0 Å². The first-order valence-electron chi connectivity index (χ1n) is 5.28. The third kappa shape index (κ3) is 3.61. The van der Waals surface area contributed by atoms with Crippen molar-refractivity contribution in [3.8, 4) is 11.5 Å². The number of hydrogen-bond acceptors (Lipinski definition) is 4. The summed E-state index contributed by atoms with van der Waals surface area (Å²) in [5.74, 6) is 2.03. The first-order chi connectivity index (χ1) is 7.69. The fraction of sp³-hybridized carbons (Fsp3) is 0.500. The van der Waals surface area contributed by atoms with Crippen LogP contribution in [0, 0.1) is 0 Å². The zero-order valence-electron chi connectivity index (χ0n) is 9.99. The minimum atomic E-state index is 0.151. The Balaban J connectivity index is 2.64. The average molecular weight is 241 g/mol. The summed E-state index contributed by atoms with van der Waals surface area (Å²) in [4.78, 5) is 0. The summed E-state index contributed by atoms with van der Waals surface area (Å²) in [6.07, 6.45) is 2.08. The molecule has 1 atom stereocenters. The SMILES string of the molecule is COc1ccc(C(C)NCCSC)c(O)c1. The van der Waals surface area contributed by atoms with Crippen molar-refractivity contribution < 1.29 is 9.84 Å². The van der Waals surface area contributed by atoms with Gasteiger partial charge in [0.2, 0.25) is 0 Å². The molecule has 90 valence electrons. The molecule has 0 heterocycles. The molecule has 0 amide bonds. The minimum absolute atomic E-state index is 0.151. The molecule has 0 spiro atoms. The lowest BCUT2D eigenvalue weighted by Crippen LogP contribution is -2.21. The average Bonchev–Trinajstić information content (AvgIpc) is 2.29. The van der Waals surface area contributed by atoms with Gasteiger partial charge in [-0.15, -0.1) is 0 Å². The number of ether oxygens (including phenoxy) is 1. The quantitative estimate of drug-likeness (QED) is 0.751. The van der Waals surface area contributed by atoms with Crippen molar-refractivity contribution in [1.29, 1.82) is 0 Å². The smallest absolute Gasteiger partial charge is 0.124 e. The van der Waals surface area contributed by atoms with Crippen LogP contribution >= 0.6 is 11.8 Å². The number of benzene rings is 1. The number of thioether (sulfide) groups is 1. The van der Waals surface area contributed by atoms with E-state index < -0.39 is 0 Å². The van der Waals surface area contributed by atoms with Crippen LogP contribution in [-0.4, -0.2) is 30.8 Å². The molecular formula is C12H19NO2S. The molecule has 1 rings (SSSR count). The van der Waals surface area contributed by atoms with E-state index >= 15 is 0 Å². The van der Waals surface area contributed by atoms with Crippen LogP contribution in [0.3, 0.4) is 0 Å². The summed E-state index contributed by atoms with van der Waals surface area (Å²) in [6.45, 7) is 2.98. The lowest BCUT2D eigenvalue weighted by molar-refractivity contribution is 0.404. The Kier molecular flexibility index (Phi) is 5.49. The normalized spacial score (nSPS) is 12.4. The highest BCUT2D eigenvalue weighted by atomic mass is 32.2. The van der Waals surface area contributed by atoms with Crippen LogP contribution in [0.5, 0.6) is 11.5 Å². The van der Waals surface area contributed by atoms with Gasteiger partial charge in [-0.1, -0.05) is 6.07 Å². The molecule has 3 nitrogen and oxygen atoms in total. The van der Waals surface area contributed by atoms with E-state index in [0.29, 0.717) is 5.75 Å². The zero-order chi connectivity index (χ0) is 12.0. The lowest BCUT2D eigenvalue weighted by atomic mass is 10.1. The Hall–Kier alpha value is -0.870. The highest BCUT2D eigenvalue weighted by Crippen LogP contribution is 2.28. The van der Waals surface area contributed by atoms with Gasteiger partial charge in [0.05, 0.1) is 7.11 Å². The van der Waals surface area contributed by atoms with Crippen molar-refractivity contribution in [2.45, 2.75) is 13.0 Å². The first kappa shape index (κ1) is 13.2. The molecule has 4 heteroatoms. The zero-order valence-corrected chi connectivity index (χ0v) is 10.8. The van der Waals surface area contributed by atoms with Crippen molar-refractivity contribution in [1.82, 2.24) is 5.32 Å². The fourth-order valence-electron chi connectivity index (χ4n) is 1.50. The molecule has 0 radical (unpaired) electrons. The van der Waals surface area contributed by atoms with Gasteiger partial charge in [0.1, 0.15) is 11.5 Å². The predicted molar refractivity (Wildman–Crippen MR) is 69.5 cm³/mol. The number of rotatable bonds is 6. The van der Waals surface area contributed by atoms with Gasteiger partial charge in [0.25, 0.3) is 0 Å². The van der Waals surface area contributed by atoms with E-state index in [9.17, 15) is 5.11 Å². The summed E-state index contributed by atoms with van der Waals surface area (Å²) in [6, 6.07) is 5.55. The maximum Gasteiger partial charge on any atom is 0.124 e. The number of nitrogens with one attached hydrogen (secondary N) is 1. The van der Waals surface area contributed by atoms with Gasteiger partial charge in [0.15, 0.2) is 0 Å². The second kappa shape index (κ2) is 6.66. The van der Waals surface area contributed by atoms with Crippen LogP contribution in [0.2, 0.25) is 0 Å². The first-order valence-corrected chi connectivity index (χ1v) is 6.67. The fourth-order valence-corrected chi connectivity index (χ4v) is 1.83. The Labute approximate surface area is 101 Å². The van der Waals surface area contributed by atoms with Gasteiger partial charge >= 0.3 is 0 Å². The molecule has 1 unspecified atom stereocenters. The van der Waals surface area contributed by atoms with E-state index in [1.165, 1.54) is 0 Å². The summed E-state index contributed by atoms with van der Waals surface area (Å²) in [5, 5.41) is 13.2. The van der Waals surface area contributed by atoms with Crippen LogP contribution < -0.4 is 10.1 Å². The van der Waals surface area contributed by atoms with Crippen LogP contribution in [0.1, 0.15) is 18.5 Å². The van der Waals surface area contributed by atoms with Crippen molar-refractivity contribution in [2.75, 3.05) is 25.7 Å². The lowest BCUT2D eigenvalue weighted by Gasteiger charge is -2.15. The van der Waals surface area contributed by atoms with Gasteiger partial charge in [-0.3, -0.25) is 0 Å². The maximum absolute atomic E-state index is 9.82. The maximum atomic E-state index is 9.82. The number of aromatic hydroxyl groups is 1. The van der Waals surface area contributed by atoms with E-state index in [-0.39, 0.29) is 11.8 Å². The van der Waals surface area contributed by atoms with Gasteiger partial charge in [-0.2, -0.15) is 11.8 Å². The molecule has 0 saturated carbocycles. The highest BCUT2D eigenvalue weighted by molar-refractivity contribution is 7.98. The van der Waals surface area contributed by atoms with Gasteiger partial charge in [0, 0.05) is 30.0 Å². The van der Waals surface area contributed by atoms with Crippen LogP contribution in [-0.2, 0) is 0 Å². The van der Waals surface area contributed by atoms with E-state index in [1.54, 1.807) is 24.9 Å². The third-order valence-electron chi connectivity index (χ3n) is 2.46. The molecule has 0 bridgehead atoms. The second-order valence-electron chi connectivity index (χ2n) is 3.59. The van der Waals surface area contributed by atoms with Crippen LogP contribution in [0.15, 0.2) is 18.2 Å². The molecule has 0 fully saturated rings.